The molecular formula is C13H15BrN2O5. The van der Waals surface area contributed by atoms with Gasteiger partial charge in [-0.1, -0.05) is 15.9 Å². The molecule has 0 unspecified atom stereocenters. The third-order valence-corrected chi connectivity index (χ3v) is 2.90. The lowest BCUT2D eigenvalue weighted by Crippen LogP contribution is -2.43. The van der Waals surface area contributed by atoms with Crippen LogP contribution < -0.4 is 15.8 Å². The largest absolute Gasteiger partial charge is 0.479 e. The van der Waals surface area contributed by atoms with Crippen molar-refractivity contribution in [2.45, 2.75) is 26.1 Å². The molecule has 0 aliphatic rings. The summed E-state index contributed by atoms with van der Waals surface area (Å²) in [5.41, 5.74) is 4.80. The predicted octanol–water partition coefficient (Wildman–Crippen LogP) is 1.34. The predicted molar refractivity (Wildman–Crippen MR) is 77.5 cm³/mol. The molecule has 0 spiro atoms. The first-order valence-corrected chi connectivity index (χ1v) is 6.82. The number of nitrogens with two attached hydrogens (primary N) is 1. The molecule has 114 valence electrons. The Morgan fingerprint density at radius 3 is 2.24 bits per heavy atom. The molecule has 21 heavy (non-hydrogen) atoms. The number of rotatable bonds is 5. The number of hydrogen-bond donors (Lipinski definition) is 2. The minimum Gasteiger partial charge on any atom is -0.479 e. The molecule has 0 saturated carbocycles. The summed E-state index contributed by atoms with van der Waals surface area (Å²) in [7, 11) is 0. The van der Waals surface area contributed by atoms with Crippen LogP contribution in [0.5, 0.6) is 5.75 Å². The van der Waals surface area contributed by atoms with Gasteiger partial charge in [-0.15, -0.1) is 0 Å². The van der Waals surface area contributed by atoms with Crippen molar-refractivity contribution in [1.82, 2.24) is 5.32 Å². The topological polar surface area (TPSA) is 108 Å². The van der Waals surface area contributed by atoms with E-state index in [9.17, 15) is 14.4 Å². The summed E-state index contributed by atoms with van der Waals surface area (Å²) in [6, 6.07) is 5.86. The molecule has 1 aromatic carbocycles. The van der Waals surface area contributed by atoms with Gasteiger partial charge in [0.25, 0.3) is 5.91 Å². The van der Waals surface area contributed by atoms with Gasteiger partial charge in [0, 0.05) is 4.47 Å². The molecule has 0 aliphatic heterocycles. The molecule has 3 N–H and O–H groups in total. The lowest BCUT2D eigenvalue weighted by molar-refractivity contribution is -0.160. The van der Waals surface area contributed by atoms with Gasteiger partial charge in [-0.3, -0.25) is 10.1 Å². The summed E-state index contributed by atoms with van der Waals surface area (Å²) in [5.74, 6) is -1.05. The minimum atomic E-state index is -1.15. The van der Waals surface area contributed by atoms with Crippen LogP contribution in [0.25, 0.3) is 0 Å². The number of nitrogens with one attached hydrogen (secondary N) is 1. The van der Waals surface area contributed by atoms with Crippen molar-refractivity contribution in [2.24, 2.45) is 5.73 Å². The highest BCUT2D eigenvalue weighted by Crippen LogP contribution is 2.17. The van der Waals surface area contributed by atoms with Gasteiger partial charge in [0.15, 0.2) is 12.2 Å². The number of primary amides is 1. The van der Waals surface area contributed by atoms with Gasteiger partial charge in [-0.2, -0.15) is 0 Å². The summed E-state index contributed by atoms with van der Waals surface area (Å²) >= 11 is 3.28. The summed E-state index contributed by atoms with van der Waals surface area (Å²) in [6.07, 6.45) is -2.06. The normalized spacial score (nSPS) is 12.9. The molecule has 0 radical (unpaired) electrons. The maximum atomic E-state index is 11.8. The Kier molecular flexibility index (Phi) is 6.16. The Morgan fingerprint density at radius 1 is 1.14 bits per heavy atom. The fourth-order valence-corrected chi connectivity index (χ4v) is 1.58. The molecule has 1 aromatic rings. The first-order valence-electron chi connectivity index (χ1n) is 6.02. The second-order valence-electron chi connectivity index (χ2n) is 4.15. The highest BCUT2D eigenvalue weighted by atomic mass is 79.9. The van der Waals surface area contributed by atoms with E-state index in [1.54, 1.807) is 24.3 Å². The number of carbonyl (C=O) groups excluding carboxylic acids is 3. The van der Waals surface area contributed by atoms with E-state index in [-0.39, 0.29) is 0 Å². The lowest BCUT2D eigenvalue weighted by atomic mass is 10.3. The van der Waals surface area contributed by atoms with Crippen LogP contribution in [-0.2, 0) is 14.3 Å². The molecule has 3 amide bonds. The van der Waals surface area contributed by atoms with Gasteiger partial charge >= 0.3 is 12.0 Å². The monoisotopic (exact) mass is 358 g/mol. The fraction of sp³-hybridized carbons (Fsp3) is 0.308. The molecule has 0 aromatic heterocycles. The van der Waals surface area contributed by atoms with Crippen molar-refractivity contribution in [3.63, 3.8) is 0 Å². The average molecular weight is 359 g/mol. The van der Waals surface area contributed by atoms with Crippen molar-refractivity contribution >= 4 is 33.8 Å². The Balaban J connectivity index is 2.52. The second-order valence-corrected chi connectivity index (χ2v) is 5.06. The number of halogens is 1. The highest BCUT2D eigenvalue weighted by molar-refractivity contribution is 9.10. The average Bonchev–Trinajstić information content (AvgIpc) is 2.40. The molecule has 7 nitrogen and oxygen atoms in total. The van der Waals surface area contributed by atoms with Crippen LogP contribution in [0, 0.1) is 0 Å². The summed E-state index contributed by atoms with van der Waals surface area (Å²) in [4.78, 5) is 33.7. The van der Waals surface area contributed by atoms with Crippen LogP contribution in [0.4, 0.5) is 4.79 Å². The van der Waals surface area contributed by atoms with Gasteiger partial charge in [-0.25, -0.2) is 9.59 Å². The van der Waals surface area contributed by atoms with Crippen molar-refractivity contribution in [3.8, 4) is 5.75 Å². The van der Waals surface area contributed by atoms with E-state index >= 15 is 0 Å². The van der Waals surface area contributed by atoms with Crippen LogP contribution in [-0.4, -0.2) is 30.1 Å². The summed E-state index contributed by atoms with van der Waals surface area (Å²) in [6.45, 7) is 2.81. The number of carbonyl (C=O) groups is 3. The molecular weight excluding hydrogens is 344 g/mol. The summed E-state index contributed by atoms with van der Waals surface area (Å²) < 4.78 is 11.1. The zero-order valence-electron chi connectivity index (χ0n) is 11.5. The van der Waals surface area contributed by atoms with Crippen molar-refractivity contribution in [2.75, 3.05) is 0 Å². The Bertz CT molecular complexity index is 532. The number of esters is 1. The van der Waals surface area contributed by atoms with Crippen LogP contribution in [0.3, 0.4) is 0 Å². The first-order chi connectivity index (χ1) is 9.79. The quantitative estimate of drug-likeness (QED) is 0.772. The fourth-order valence-electron chi connectivity index (χ4n) is 1.31. The number of benzene rings is 1. The van der Waals surface area contributed by atoms with E-state index in [2.05, 4.69) is 15.9 Å². The SMILES string of the molecule is C[C@H](OC(=O)[C@H](C)Oc1ccc(Br)cc1)C(=O)NC(N)=O. The van der Waals surface area contributed by atoms with Gasteiger partial charge < -0.3 is 15.2 Å². The van der Waals surface area contributed by atoms with Gasteiger partial charge in [0.05, 0.1) is 0 Å². The van der Waals surface area contributed by atoms with E-state index < -0.39 is 30.1 Å². The molecule has 0 fully saturated rings. The van der Waals surface area contributed by atoms with Crippen molar-refractivity contribution in [1.29, 1.82) is 0 Å². The second kappa shape index (κ2) is 7.63. The molecule has 8 heteroatoms. The minimum absolute atomic E-state index is 0.483. The van der Waals surface area contributed by atoms with E-state index in [1.807, 2.05) is 5.32 Å². The van der Waals surface area contributed by atoms with Crippen LogP contribution in [0.15, 0.2) is 28.7 Å². The number of amides is 3. The Labute approximate surface area is 129 Å². The van der Waals surface area contributed by atoms with E-state index in [4.69, 9.17) is 15.2 Å². The Hall–Kier alpha value is -2.09. The zero-order valence-corrected chi connectivity index (χ0v) is 13.0. The third kappa shape index (κ3) is 5.82. The first kappa shape index (κ1) is 17.0. The van der Waals surface area contributed by atoms with Crippen LogP contribution >= 0.6 is 15.9 Å². The summed E-state index contributed by atoms with van der Waals surface area (Å²) in [5, 5.41) is 1.82. The number of urea groups is 1. The number of imide groups is 1. The van der Waals surface area contributed by atoms with E-state index in [1.165, 1.54) is 13.8 Å². The van der Waals surface area contributed by atoms with E-state index in [0.29, 0.717) is 5.75 Å². The van der Waals surface area contributed by atoms with Crippen molar-refractivity contribution < 1.29 is 23.9 Å². The maximum absolute atomic E-state index is 11.8. The molecule has 2 atom stereocenters. The molecule has 0 bridgehead atoms. The zero-order chi connectivity index (χ0) is 16.0. The lowest BCUT2D eigenvalue weighted by Gasteiger charge is -2.17. The Morgan fingerprint density at radius 2 is 1.71 bits per heavy atom. The van der Waals surface area contributed by atoms with Crippen LogP contribution in [0.1, 0.15) is 13.8 Å². The molecule has 0 saturated heterocycles. The standard InChI is InChI=1S/C13H15BrN2O5/c1-7(11(17)16-13(15)19)21-12(18)8(2)20-10-5-3-9(14)4-6-10/h3-8H,1-2H3,(H3,15,16,17,19)/t7-,8-/m0/s1. The van der Waals surface area contributed by atoms with Gasteiger partial charge in [0.2, 0.25) is 0 Å². The number of ether oxygens (including phenoxy) is 2. The molecule has 0 heterocycles. The molecule has 0 aliphatic carbocycles. The van der Waals surface area contributed by atoms with Crippen molar-refractivity contribution in [3.05, 3.63) is 28.7 Å². The van der Waals surface area contributed by atoms with Gasteiger partial charge in [-0.05, 0) is 38.1 Å². The smallest absolute Gasteiger partial charge is 0.347 e. The van der Waals surface area contributed by atoms with Crippen LogP contribution in [0.2, 0.25) is 0 Å². The van der Waals surface area contributed by atoms with E-state index in [0.717, 1.165) is 4.47 Å². The molecule has 1 rings (SSSR count). The van der Waals surface area contributed by atoms with Gasteiger partial charge in [0.1, 0.15) is 5.75 Å². The maximum Gasteiger partial charge on any atom is 0.347 e. The number of hydrogen-bond acceptors (Lipinski definition) is 5. The third-order valence-electron chi connectivity index (χ3n) is 2.37. The highest BCUT2D eigenvalue weighted by Gasteiger charge is 2.23.